The number of benzene rings is 3. The summed E-state index contributed by atoms with van der Waals surface area (Å²) in [7, 11) is 0. The smallest absolute Gasteiger partial charge is 0.243 e. The molecule has 0 aliphatic carbocycles. The number of nitrogens with one attached hydrogen (secondary N) is 1. The quantitative estimate of drug-likeness (QED) is 0.281. The molecule has 7 heteroatoms. The lowest BCUT2D eigenvalue weighted by Crippen LogP contribution is -2.54. The topological polar surface area (TPSA) is 49.4 Å². The summed E-state index contributed by atoms with van der Waals surface area (Å²) in [6, 6.07) is 24.7. The second-order valence-electron chi connectivity index (χ2n) is 9.68. The number of hydrogen-bond acceptors (Lipinski definition) is 3. The molecule has 1 atom stereocenters. The van der Waals surface area contributed by atoms with Gasteiger partial charge in [-0.05, 0) is 55.7 Å². The number of rotatable bonds is 10. The minimum Gasteiger partial charge on any atom is -0.350 e. The highest BCUT2D eigenvalue weighted by Crippen LogP contribution is 2.23. The van der Waals surface area contributed by atoms with E-state index in [1.54, 1.807) is 16.7 Å². The van der Waals surface area contributed by atoms with Crippen LogP contribution in [0.5, 0.6) is 0 Å². The lowest BCUT2D eigenvalue weighted by Gasteiger charge is -2.34. The van der Waals surface area contributed by atoms with Crippen LogP contribution >= 0.6 is 39.3 Å². The molecule has 0 spiro atoms. The van der Waals surface area contributed by atoms with Gasteiger partial charge in [0.05, 0.1) is 5.75 Å². The maximum atomic E-state index is 13.7. The lowest BCUT2D eigenvalue weighted by atomic mass is 10.0. The molecule has 190 valence electrons. The summed E-state index contributed by atoms with van der Waals surface area (Å²) in [6.45, 7) is 6.09. The van der Waals surface area contributed by atoms with E-state index in [2.05, 4.69) is 21.2 Å². The van der Waals surface area contributed by atoms with Gasteiger partial charge in [-0.3, -0.25) is 9.59 Å². The minimum atomic E-state index is -0.677. The molecular weight excluding hydrogens is 556 g/mol. The van der Waals surface area contributed by atoms with Crippen molar-refractivity contribution in [3.63, 3.8) is 0 Å². The molecule has 0 saturated carbocycles. The zero-order valence-corrected chi connectivity index (χ0v) is 24.0. The fraction of sp³-hybridized carbons (Fsp3) is 0.310. The number of amides is 2. The van der Waals surface area contributed by atoms with Crippen molar-refractivity contribution in [2.45, 2.75) is 51.1 Å². The Morgan fingerprint density at radius 3 is 2.22 bits per heavy atom. The second kappa shape index (κ2) is 13.3. The van der Waals surface area contributed by atoms with E-state index in [1.165, 1.54) is 0 Å². The number of hydrogen-bond donors (Lipinski definition) is 1. The third-order valence-corrected chi connectivity index (χ3v) is 7.36. The van der Waals surface area contributed by atoms with E-state index < -0.39 is 11.6 Å². The Labute approximate surface area is 231 Å². The molecule has 0 bridgehead atoms. The zero-order valence-electron chi connectivity index (χ0n) is 20.8. The average Bonchev–Trinajstić information content (AvgIpc) is 2.83. The summed E-state index contributed by atoms with van der Waals surface area (Å²) in [5.74, 6) is 0.692. The minimum absolute atomic E-state index is 0.0954. The van der Waals surface area contributed by atoms with Gasteiger partial charge in [0.2, 0.25) is 11.8 Å². The molecule has 3 aromatic rings. The predicted octanol–water partition coefficient (Wildman–Crippen LogP) is 6.89. The van der Waals surface area contributed by atoms with Gasteiger partial charge in [0.25, 0.3) is 0 Å². The number of halogens is 2. The van der Waals surface area contributed by atoms with Crippen LogP contribution < -0.4 is 5.32 Å². The van der Waals surface area contributed by atoms with Gasteiger partial charge in [0.15, 0.2) is 0 Å². The fourth-order valence-electron chi connectivity index (χ4n) is 3.74. The first-order valence-corrected chi connectivity index (χ1v) is 14.2. The van der Waals surface area contributed by atoms with E-state index in [0.717, 1.165) is 21.2 Å². The normalized spacial score (nSPS) is 12.1. The van der Waals surface area contributed by atoms with Crippen molar-refractivity contribution in [3.05, 3.63) is 105 Å². The van der Waals surface area contributed by atoms with Crippen LogP contribution in [0.25, 0.3) is 0 Å². The maximum absolute atomic E-state index is 13.7. The Kier molecular flexibility index (Phi) is 10.5. The van der Waals surface area contributed by atoms with Crippen LogP contribution in [0.1, 0.15) is 37.5 Å². The van der Waals surface area contributed by atoms with Crippen LogP contribution in [-0.4, -0.2) is 34.0 Å². The number of nitrogens with zero attached hydrogens (tertiary/aromatic N) is 1. The molecule has 0 aliphatic rings. The molecule has 2 amide bonds. The monoisotopic (exact) mass is 586 g/mol. The van der Waals surface area contributed by atoms with Crippen molar-refractivity contribution in [1.29, 1.82) is 0 Å². The van der Waals surface area contributed by atoms with Gasteiger partial charge >= 0.3 is 0 Å². The largest absolute Gasteiger partial charge is 0.350 e. The van der Waals surface area contributed by atoms with E-state index in [0.29, 0.717) is 17.2 Å². The van der Waals surface area contributed by atoms with Crippen molar-refractivity contribution < 1.29 is 9.59 Å². The Hall–Kier alpha value is -2.28. The van der Waals surface area contributed by atoms with E-state index in [4.69, 9.17) is 11.6 Å². The van der Waals surface area contributed by atoms with Crippen molar-refractivity contribution >= 4 is 51.1 Å². The molecule has 1 N–H and O–H groups in total. The lowest BCUT2D eigenvalue weighted by molar-refractivity contribution is -0.140. The standard InChI is InChI=1S/C29H32BrClN2O2S/c1-29(2,3)32-28(35)26(17-21-9-5-4-6-10-21)33(18-23-11-7-8-12-25(23)31)27(34)20-36-19-22-13-15-24(30)16-14-22/h4-16,26H,17-20H2,1-3H3,(H,32,35). The Morgan fingerprint density at radius 1 is 0.944 bits per heavy atom. The van der Waals surface area contributed by atoms with Crippen LogP contribution in [-0.2, 0) is 28.3 Å². The molecule has 4 nitrogen and oxygen atoms in total. The summed E-state index contributed by atoms with van der Waals surface area (Å²) in [6.07, 6.45) is 0.413. The van der Waals surface area contributed by atoms with Gasteiger partial charge < -0.3 is 10.2 Å². The molecule has 3 aromatic carbocycles. The van der Waals surface area contributed by atoms with Gasteiger partial charge in [0.1, 0.15) is 6.04 Å². The van der Waals surface area contributed by atoms with Gasteiger partial charge in [-0.25, -0.2) is 0 Å². The molecule has 0 aromatic heterocycles. The highest BCUT2D eigenvalue weighted by Gasteiger charge is 2.32. The van der Waals surface area contributed by atoms with E-state index in [1.807, 2.05) is 99.6 Å². The second-order valence-corrected chi connectivity index (χ2v) is 12.0. The molecular formula is C29H32BrClN2O2S. The van der Waals surface area contributed by atoms with Crippen molar-refractivity contribution in [1.82, 2.24) is 10.2 Å². The molecule has 0 heterocycles. The Bertz CT molecular complexity index is 1150. The van der Waals surface area contributed by atoms with Crippen LogP contribution in [0.15, 0.2) is 83.3 Å². The first kappa shape index (κ1) is 28.3. The summed E-state index contributed by atoms with van der Waals surface area (Å²) in [4.78, 5) is 28.9. The van der Waals surface area contributed by atoms with Crippen LogP contribution in [0.4, 0.5) is 0 Å². The van der Waals surface area contributed by atoms with E-state index in [9.17, 15) is 9.59 Å². The van der Waals surface area contributed by atoms with E-state index >= 15 is 0 Å². The van der Waals surface area contributed by atoms with Crippen LogP contribution in [0.3, 0.4) is 0 Å². The predicted molar refractivity (Wildman–Crippen MR) is 154 cm³/mol. The number of carbonyl (C=O) groups excluding carboxylic acids is 2. The van der Waals surface area contributed by atoms with Crippen LogP contribution in [0, 0.1) is 0 Å². The van der Waals surface area contributed by atoms with Gasteiger partial charge in [-0.2, -0.15) is 0 Å². The van der Waals surface area contributed by atoms with Gasteiger partial charge in [-0.15, -0.1) is 11.8 Å². The molecule has 0 radical (unpaired) electrons. The van der Waals surface area contributed by atoms with Crippen molar-refractivity contribution in [3.8, 4) is 0 Å². The molecule has 3 rings (SSSR count). The van der Waals surface area contributed by atoms with E-state index in [-0.39, 0.29) is 24.1 Å². The summed E-state index contributed by atoms with van der Waals surface area (Å²) < 4.78 is 1.02. The Morgan fingerprint density at radius 2 is 1.58 bits per heavy atom. The first-order chi connectivity index (χ1) is 17.1. The highest BCUT2D eigenvalue weighted by molar-refractivity contribution is 9.10. The van der Waals surface area contributed by atoms with Crippen molar-refractivity contribution in [2.75, 3.05) is 5.75 Å². The van der Waals surface area contributed by atoms with Crippen molar-refractivity contribution in [2.24, 2.45) is 0 Å². The highest BCUT2D eigenvalue weighted by atomic mass is 79.9. The van der Waals surface area contributed by atoms with Gasteiger partial charge in [0, 0.05) is 33.8 Å². The molecule has 36 heavy (non-hydrogen) atoms. The molecule has 1 unspecified atom stereocenters. The first-order valence-electron chi connectivity index (χ1n) is 11.8. The number of thioether (sulfide) groups is 1. The third-order valence-electron chi connectivity index (χ3n) is 5.48. The summed E-state index contributed by atoms with van der Waals surface area (Å²) in [5.41, 5.74) is 2.51. The third kappa shape index (κ3) is 8.99. The summed E-state index contributed by atoms with van der Waals surface area (Å²) >= 11 is 11.5. The molecule has 0 fully saturated rings. The average molecular weight is 588 g/mol. The van der Waals surface area contributed by atoms with Crippen LogP contribution in [0.2, 0.25) is 5.02 Å². The van der Waals surface area contributed by atoms with Gasteiger partial charge in [-0.1, -0.05) is 88.2 Å². The molecule has 0 aliphatic heterocycles. The Balaban J connectivity index is 1.87. The zero-order chi connectivity index (χ0) is 26.1. The summed E-state index contributed by atoms with van der Waals surface area (Å²) in [5, 5.41) is 3.66. The SMILES string of the molecule is CC(C)(C)NC(=O)C(Cc1ccccc1)N(Cc1ccccc1Cl)C(=O)CSCc1ccc(Br)cc1. The maximum Gasteiger partial charge on any atom is 0.243 e. The fourth-order valence-corrected chi connectivity index (χ4v) is 5.07. The molecule has 0 saturated heterocycles. The number of carbonyl (C=O) groups is 2.